The van der Waals surface area contributed by atoms with Gasteiger partial charge in [-0.3, -0.25) is 24.3 Å². The number of nitrogens with zero attached hydrogens (tertiary/aromatic N) is 2. The van der Waals surface area contributed by atoms with E-state index in [2.05, 4.69) is 53.4 Å². The molecule has 1 aromatic heterocycles. The molecule has 1 aliphatic heterocycles. The van der Waals surface area contributed by atoms with Crippen molar-refractivity contribution in [1.82, 2.24) is 9.97 Å². The Balaban J connectivity index is 1.59. The van der Waals surface area contributed by atoms with Crippen molar-refractivity contribution in [1.29, 1.82) is 0 Å². The molecule has 0 amide bonds. The number of unbranched alkanes of at least 4 members (excludes halogenated alkanes) is 22. The van der Waals surface area contributed by atoms with Crippen LogP contribution < -0.4 is 21.5 Å². The van der Waals surface area contributed by atoms with Gasteiger partial charge in [0.15, 0.2) is 5.82 Å². The van der Waals surface area contributed by atoms with Crippen LogP contribution in [-0.4, -0.2) is 48.2 Å². The summed E-state index contributed by atoms with van der Waals surface area (Å²) in [6.45, 7) is 5.05. The van der Waals surface area contributed by atoms with Gasteiger partial charge in [0.05, 0.1) is 19.9 Å². The molecule has 2 heterocycles. The minimum absolute atomic E-state index is 0.0426. The van der Waals surface area contributed by atoms with Crippen LogP contribution >= 0.6 is 0 Å². The SMILES string of the molecule is CCCCCCCCC=CCCCCCCCC(=O)OCCCOC(OC(=O)CCCCCCCC=CCCCCCCCC)N1CNc2c1nc(N)[nH]c2=O. The molecule has 4 N–H and O–H groups in total. The second-order valence-corrected chi connectivity index (χ2v) is 15.4. The Bertz CT molecular complexity index is 1270. The first kappa shape index (κ1) is 48.8. The number of hydrogen-bond donors (Lipinski definition) is 3. The van der Waals surface area contributed by atoms with Crippen molar-refractivity contribution in [2.45, 2.75) is 206 Å². The Morgan fingerprint density at radius 3 is 1.64 bits per heavy atom. The van der Waals surface area contributed by atoms with Crippen molar-refractivity contribution in [3.8, 4) is 0 Å². The first-order valence-electron chi connectivity index (χ1n) is 22.6. The minimum Gasteiger partial charge on any atom is -0.466 e. The molecule has 11 heteroatoms. The van der Waals surface area contributed by atoms with Crippen LogP contribution in [0.25, 0.3) is 0 Å². The zero-order chi connectivity index (χ0) is 40.3. The lowest BCUT2D eigenvalue weighted by Crippen LogP contribution is -2.41. The van der Waals surface area contributed by atoms with Gasteiger partial charge in [-0.2, -0.15) is 4.98 Å². The summed E-state index contributed by atoms with van der Waals surface area (Å²) in [6, 6.07) is 0. The van der Waals surface area contributed by atoms with Gasteiger partial charge in [-0.15, -0.1) is 0 Å². The number of esters is 2. The summed E-state index contributed by atoms with van der Waals surface area (Å²) < 4.78 is 17.2. The molecule has 0 spiro atoms. The van der Waals surface area contributed by atoms with Crippen molar-refractivity contribution < 1.29 is 23.8 Å². The fourth-order valence-corrected chi connectivity index (χ4v) is 6.80. The molecule has 0 aliphatic carbocycles. The number of rotatable bonds is 37. The standard InChI is InChI=1S/C45H79N5O6/c1-3-5-7-9-11-13-15-17-19-21-23-25-27-29-31-34-39(51)54-36-33-37-55-45(50-38-47-41-42(50)48-44(46)49-43(41)53)56-40(52)35-32-30-28-26-24-22-20-18-16-14-12-10-8-6-4-2/h17-20,45,47H,3-16,21-38H2,1-2H3,(H3,46,48,49,53). The molecule has 0 radical (unpaired) electrons. The Morgan fingerprint density at radius 1 is 0.661 bits per heavy atom. The number of H-pyrrole nitrogens is 1. The minimum atomic E-state index is -1.11. The van der Waals surface area contributed by atoms with E-state index in [-0.39, 0.29) is 55.7 Å². The number of aromatic amines is 1. The third kappa shape index (κ3) is 24.3. The van der Waals surface area contributed by atoms with Gasteiger partial charge >= 0.3 is 11.9 Å². The summed E-state index contributed by atoms with van der Waals surface area (Å²) in [5.41, 5.74) is 5.64. The Morgan fingerprint density at radius 2 is 1.12 bits per heavy atom. The van der Waals surface area contributed by atoms with Crippen molar-refractivity contribution >= 4 is 29.4 Å². The zero-order valence-corrected chi connectivity index (χ0v) is 35.4. The van der Waals surface area contributed by atoms with Crippen molar-refractivity contribution in [2.24, 2.45) is 0 Å². The van der Waals surface area contributed by atoms with Crippen molar-refractivity contribution in [3.63, 3.8) is 0 Å². The number of carbonyl (C=O) groups excluding carboxylic acids is 2. The Labute approximate surface area is 339 Å². The maximum Gasteiger partial charge on any atom is 0.309 e. The lowest BCUT2D eigenvalue weighted by molar-refractivity contribution is -0.179. The van der Waals surface area contributed by atoms with E-state index in [4.69, 9.17) is 19.9 Å². The average molecular weight is 786 g/mol. The average Bonchev–Trinajstić information content (AvgIpc) is 3.61. The van der Waals surface area contributed by atoms with Gasteiger partial charge in [0.2, 0.25) is 5.95 Å². The van der Waals surface area contributed by atoms with Gasteiger partial charge in [0.1, 0.15) is 5.69 Å². The largest absolute Gasteiger partial charge is 0.466 e. The molecule has 0 saturated carbocycles. The van der Waals surface area contributed by atoms with Crippen LogP contribution in [0.4, 0.5) is 17.5 Å². The fourth-order valence-electron chi connectivity index (χ4n) is 6.80. The summed E-state index contributed by atoms with van der Waals surface area (Å²) in [5.74, 6) is -0.372. The number of carbonyl (C=O) groups is 2. The number of nitrogens with two attached hydrogens (primary N) is 1. The highest BCUT2D eigenvalue weighted by atomic mass is 16.7. The lowest BCUT2D eigenvalue weighted by atomic mass is 10.1. The van der Waals surface area contributed by atoms with E-state index < -0.39 is 12.0 Å². The molecular weight excluding hydrogens is 707 g/mol. The van der Waals surface area contributed by atoms with Crippen LogP contribution in [0.2, 0.25) is 0 Å². The molecule has 11 nitrogen and oxygen atoms in total. The van der Waals surface area contributed by atoms with Crippen LogP contribution in [-0.2, 0) is 23.8 Å². The molecule has 2 rings (SSSR count). The van der Waals surface area contributed by atoms with E-state index >= 15 is 0 Å². The number of allylic oxidation sites excluding steroid dienone is 4. The lowest BCUT2D eigenvalue weighted by Gasteiger charge is -2.27. The molecule has 320 valence electrons. The van der Waals surface area contributed by atoms with Crippen molar-refractivity contribution in [3.05, 3.63) is 34.7 Å². The van der Waals surface area contributed by atoms with Gasteiger partial charge in [-0.25, -0.2) is 0 Å². The van der Waals surface area contributed by atoms with E-state index in [0.29, 0.717) is 12.8 Å². The molecule has 56 heavy (non-hydrogen) atoms. The topological polar surface area (TPSA) is 149 Å². The Kier molecular flexibility index (Phi) is 29.4. The number of nitrogen functional groups attached to an aromatic ring is 1. The highest BCUT2D eigenvalue weighted by molar-refractivity contribution is 5.73. The van der Waals surface area contributed by atoms with Crippen molar-refractivity contribution in [2.75, 3.05) is 35.8 Å². The maximum absolute atomic E-state index is 12.9. The smallest absolute Gasteiger partial charge is 0.309 e. The van der Waals surface area contributed by atoms with Crippen LogP contribution in [0.3, 0.4) is 0 Å². The van der Waals surface area contributed by atoms with E-state index in [1.54, 1.807) is 4.90 Å². The normalized spacial score (nSPS) is 13.1. The van der Waals surface area contributed by atoms with Gasteiger partial charge in [0, 0.05) is 19.3 Å². The van der Waals surface area contributed by atoms with E-state index in [0.717, 1.165) is 64.2 Å². The summed E-state index contributed by atoms with van der Waals surface area (Å²) in [7, 11) is 0. The third-order valence-corrected chi connectivity index (χ3v) is 10.2. The summed E-state index contributed by atoms with van der Waals surface area (Å²) >= 11 is 0. The summed E-state index contributed by atoms with van der Waals surface area (Å²) in [4.78, 5) is 45.9. The van der Waals surface area contributed by atoms with E-state index in [1.807, 2.05) is 0 Å². The third-order valence-electron chi connectivity index (χ3n) is 10.2. The molecule has 0 bridgehead atoms. The number of anilines is 3. The first-order chi connectivity index (χ1) is 27.5. The van der Waals surface area contributed by atoms with E-state index in [1.165, 1.54) is 103 Å². The van der Waals surface area contributed by atoms with Crippen LogP contribution in [0.5, 0.6) is 0 Å². The highest BCUT2D eigenvalue weighted by Gasteiger charge is 2.33. The number of aromatic nitrogens is 2. The molecule has 1 unspecified atom stereocenters. The summed E-state index contributed by atoms with van der Waals surface area (Å²) in [6.07, 6.45) is 40.4. The molecule has 1 aromatic rings. The quantitative estimate of drug-likeness (QED) is 0.0257. The number of hydrogen-bond acceptors (Lipinski definition) is 10. The van der Waals surface area contributed by atoms with Gasteiger partial charge < -0.3 is 25.3 Å². The van der Waals surface area contributed by atoms with Crippen LogP contribution in [0.1, 0.15) is 200 Å². The molecule has 1 aliphatic rings. The second-order valence-electron chi connectivity index (χ2n) is 15.4. The molecular formula is C45H79N5O6. The van der Waals surface area contributed by atoms with Gasteiger partial charge in [-0.05, 0) is 64.2 Å². The maximum atomic E-state index is 12.9. The predicted molar refractivity (Wildman–Crippen MR) is 231 cm³/mol. The summed E-state index contributed by atoms with van der Waals surface area (Å²) in [5, 5.41) is 2.99. The van der Waals surface area contributed by atoms with E-state index in [9.17, 15) is 14.4 Å². The van der Waals surface area contributed by atoms with Crippen LogP contribution in [0, 0.1) is 0 Å². The fraction of sp³-hybridized carbons (Fsp3) is 0.778. The number of fused-ring (bicyclic) bond motifs is 1. The zero-order valence-electron chi connectivity index (χ0n) is 35.4. The monoisotopic (exact) mass is 786 g/mol. The molecule has 0 fully saturated rings. The Hall–Kier alpha value is -3.34. The number of nitrogens with one attached hydrogen (secondary N) is 2. The van der Waals surface area contributed by atoms with Gasteiger partial charge in [0.25, 0.3) is 12.0 Å². The number of ether oxygens (including phenoxy) is 3. The molecule has 1 atom stereocenters. The first-order valence-corrected chi connectivity index (χ1v) is 22.6. The molecule has 0 saturated heterocycles. The van der Waals surface area contributed by atoms with Crippen LogP contribution in [0.15, 0.2) is 29.1 Å². The second kappa shape index (κ2) is 33.8. The molecule has 0 aromatic carbocycles. The predicted octanol–water partition coefficient (Wildman–Crippen LogP) is 11.4. The highest BCUT2D eigenvalue weighted by Crippen LogP contribution is 2.28. The van der Waals surface area contributed by atoms with Gasteiger partial charge in [-0.1, -0.05) is 141 Å².